The number of hydrogen-bond donors (Lipinski definition) is 1. The Bertz CT molecular complexity index is 292. The number of nitrogens with one attached hydrogen (secondary N) is 1. The van der Waals surface area contributed by atoms with E-state index in [-0.39, 0.29) is 5.91 Å². The summed E-state index contributed by atoms with van der Waals surface area (Å²) in [6, 6.07) is 0. The van der Waals surface area contributed by atoms with Gasteiger partial charge in [-0.2, -0.15) is 0 Å². The van der Waals surface area contributed by atoms with E-state index in [1.165, 1.54) is 96.4 Å². The molecule has 0 aromatic carbocycles. The van der Waals surface area contributed by atoms with Crippen molar-refractivity contribution in [2.75, 3.05) is 27.2 Å². The Labute approximate surface area is 164 Å². The molecule has 0 heterocycles. The molecule has 26 heavy (non-hydrogen) atoms. The first-order valence-electron chi connectivity index (χ1n) is 11.6. The molecule has 0 aliphatic carbocycles. The van der Waals surface area contributed by atoms with Crippen LogP contribution in [0, 0.1) is 0 Å². The molecule has 0 aliphatic heterocycles. The van der Waals surface area contributed by atoms with Gasteiger partial charge in [0.05, 0.1) is 0 Å². The molecule has 0 radical (unpaired) electrons. The summed E-state index contributed by atoms with van der Waals surface area (Å²) in [5.41, 5.74) is 0. The van der Waals surface area contributed by atoms with E-state index in [9.17, 15) is 4.79 Å². The minimum absolute atomic E-state index is 0.236. The Hall–Kier alpha value is -0.570. The lowest BCUT2D eigenvalue weighted by atomic mass is 10.0. The third-order valence-electron chi connectivity index (χ3n) is 5.08. The topological polar surface area (TPSA) is 32.3 Å². The van der Waals surface area contributed by atoms with Crippen LogP contribution in [0.1, 0.15) is 116 Å². The quantitative estimate of drug-likeness (QED) is 0.255. The molecular weight excluding hydrogens is 320 g/mol. The molecule has 1 N–H and O–H groups in total. The highest BCUT2D eigenvalue weighted by atomic mass is 16.1. The van der Waals surface area contributed by atoms with Crippen LogP contribution in [0.15, 0.2) is 0 Å². The van der Waals surface area contributed by atoms with E-state index in [4.69, 9.17) is 0 Å². The molecule has 0 bridgehead atoms. The van der Waals surface area contributed by atoms with Gasteiger partial charge in [0.1, 0.15) is 0 Å². The van der Waals surface area contributed by atoms with E-state index in [0.717, 1.165) is 25.8 Å². The van der Waals surface area contributed by atoms with E-state index in [2.05, 4.69) is 31.2 Å². The first kappa shape index (κ1) is 25.4. The summed E-state index contributed by atoms with van der Waals surface area (Å²) in [4.78, 5) is 13.7. The maximum Gasteiger partial charge on any atom is 0.219 e. The van der Waals surface area contributed by atoms with Crippen LogP contribution in [0.2, 0.25) is 0 Å². The molecule has 1 amide bonds. The Balaban J connectivity index is 3.06. The minimum atomic E-state index is 0.236. The molecule has 0 atom stereocenters. The maximum absolute atomic E-state index is 11.5. The number of unbranched alkanes of at least 4 members (excludes halogenated alkanes) is 14. The third kappa shape index (κ3) is 21.5. The Morgan fingerprint density at radius 2 is 1.04 bits per heavy atom. The molecule has 0 spiro atoms. The second-order valence-corrected chi connectivity index (χ2v) is 8.21. The molecule has 0 saturated heterocycles. The zero-order valence-corrected chi connectivity index (χ0v) is 18.3. The van der Waals surface area contributed by atoms with Gasteiger partial charge >= 0.3 is 0 Å². The van der Waals surface area contributed by atoms with Crippen molar-refractivity contribution in [2.24, 2.45) is 0 Å². The summed E-state index contributed by atoms with van der Waals surface area (Å²) >= 11 is 0. The van der Waals surface area contributed by atoms with Crippen molar-refractivity contribution in [1.82, 2.24) is 10.2 Å². The van der Waals surface area contributed by atoms with Crippen LogP contribution in [0.3, 0.4) is 0 Å². The highest BCUT2D eigenvalue weighted by Gasteiger charge is 1.99. The molecule has 0 aromatic rings. The fraction of sp³-hybridized carbons (Fsp3) is 0.957. The molecule has 0 aromatic heterocycles. The number of carbonyl (C=O) groups is 1. The lowest BCUT2D eigenvalue weighted by Crippen LogP contribution is -2.23. The van der Waals surface area contributed by atoms with Crippen molar-refractivity contribution in [3.05, 3.63) is 0 Å². The lowest BCUT2D eigenvalue weighted by molar-refractivity contribution is -0.121. The summed E-state index contributed by atoms with van der Waals surface area (Å²) < 4.78 is 0. The molecule has 3 heteroatoms. The Kier molecular flexibility index (Phi) is 20.3. The van der Waals surface area contributed by atoms with Gasteiger partial charge in [-0.3, -0.25) is 4.79 Å². The number of amides is 1. The molecule has 0 aliphatic rings. The van der Waals surface area contributed by atoms with Crippen LogP contribution in [0.5, 0.6) is 0 Å². The van der Waals surface area contributed by atoms with Crippen LogP contribution < -0.4 is 5.32 Å². The van der Waals surface area contributed by atoms with Gasteiger partial charge in [0.2, 0.25) is 5.91 Å². The lowest BCUT2D eigenvalue weighted by Gasteiger charge is -2.08. The Morgan fingerprint density at radius 3 is 1.42 bits per heavy atom. The van der Waals surface area contributed by atoms with Crippen molar-refractivity contribution in [3.63, 3.8) is 0 Å². The molecule has 0 fully saturated rings. The van der Waals surface area contributed by atoms with Crippen LogP contribution >= 0.6 is 0 Å². The summed E-state index contributed by atoms with van der Waals surface area (Å²) in [5, 5.41) is 2.95. The predicted octanol–water partition coefficient (Wildman–Crippen LogP) is 6.32. The molecular formula is C23H48N2O. The maximum atomic E-state index is 11.5. The second-order valence-electron chi connectivity index (χ2n) is 8.21. The van der Waals surface area contributed by atoms with Gasteiger partial charge in [-0.1, -0.05) is 90.4 Å². The van der Waals surface area contributed by atoms with Crippen LogP contribution in [0.25, 0.3) is 0 Å². The van der Waals surface area contributed by atoms with E-state index < -0.39 is 0 Å². The average molecular weight is 369 g/mol. The largest absolute Gasteiger partial charge is 0.356 e. The summed E-state index contributed by atoms with van der Waals surface area (Å²) in [6.07, 6.45) is 22.2. The van der Waals surface area contributed by atoms with Crippen molar-refractivity contribution >= 4 is 5.91 Å². The van der Waals surface area contributed by atoms with E-state index >= 15 is 0 Å². The number of hydrogen-bond acceptors (Lipinski definition) is 2. The number of rotatable bonds is 20. The zero-order chi connectivity index (χ0) is 19.3. The van der Waals surface area contributed by atoms with Crippen molar-refractivity contribution in [3.8, 4) is 0 Å². The highest BCUT2D eigenvalue weighted by molar-refractivity contribution is 5.75. The summed E-state index contributed by atoms with van der Waals surface area (Å²) in [6.45, 7) is 4.17. The van der Waals surface area contributed by atoms with Gasteiger partial charge < -0.3 is 10.2 Å². The van der Waals surface area contributed by atoms with Crippen molar-refractivity contribution in [1.29, 1.82) is 0 Å². The molecule has 0 unspecified atom stereocenters. The van der Waals surface area contributed by atoms with Crippen molar-refractivity contribution in [2.45, 2.75) is 116 Å². The van der Waals surface area contributed by atoms with Gasteiger partial charge in [0.15, 0.2) is 0 Å². The minimum Gasteiger partial charge on any atom is -0.356 e. The molecule has 0 rings (SSSR count). The number of nitrogens with zero attached hydrogens (tertiary/aromatic N) is 1. The second kappa shape index (κ2) is 20.7. The van der Waals surface area contributed by atoms with Gasteiger partial charge in [-0.15, -0.1) is 0 Å². The van der Waals surface area contributed by atoms with E-state index in [1.54, 1.807) is 0 Å². The monoisotopic (exact) mass is 368 g/mol. The van der Waals surface area contributed by atoms with Gasteiger partial charge in [0.25, 0.3) is 0 Å². The van der Waals surface area contributed by atoms with Crippen LogP contribution in [-0.4, -0.2) is 38.0 Å². The predicted molar refractivity (Wildman–Crippen MR) is 116 cm³/mol. The van der Waals surface area contributed by atoms with Gasteiger partial charge in [-0.05, 0) is 39.9 Å². The smallest absolute Gasteiger partial charge is 0.219 e. The molecule has 156 valence electrons. The highest BCUT2D eigenvalue weighted by Crippen LogP contribution is 2.13. The Morgan fingerprint density at radius 1 is 0.654 bits per heavy atom. The zero-order valence-electron chi connectivity index (χ0n) is 18.3. The summed E-state index contributed by atoms with van der Waals surface area (Å²) in [7, 11) is 4.32. The van der Waals surface area contributed by atoms with E-state index in [1.807, 2.05) is 0 Å². The van der Waals surface area contributed by atoms with Gasteiger partial charge in [-0.25, -0.2) is 0 Å². The number of carbonyl (C=O) groups excluding carboxylic acids is 1. The third-order valence-corrected chi connectivity index (χ3v) is 5.08. The summed E-state index contributed by atoms with van der Waals surface area (Å²) in [5.74, 6) is 0.236. The van der Waals surface area contributed by atoms with Crippen molar-refractivity contribution < 1.29 is 4.79 Å². The average Bonchev–Trinajstić information content (AvgIpc) is 2.62. The SMILES string of the molecule is CCCNC(=O)CCCCCCCCCCCCCCCCCN(C)C. The standard InChI is InChI=1S/C23H48N2O/c1-4-21-24-23(26)20-18-16-14-12-10-8-6-5-7-9-11-13-15-17-19-22-25(2)3/h4-22H2,1-3H3,(H,24,26). The first-order chi connectivity index (χ1) is 12.7. The van der Waals surface area contributed by atoms with Crippen LogP contribution in [-0.2, 0) is 4.79 Å². The molecule has 3 nitrogen and oxygen atoms in total. The molecule has 0 saturated carbocycles. The van der Waals surface area contributed by atoms with E-state index in [0.29, 0.717) is 0 Å². The van der Waals surface area contributed by atoms with Crippen LogP contribution in [0.4, 0.5) is 0 Å². The normalized spacial score (nSPS) is 11.2. The first-order valence-corrected chi connectivity index (χ1v) is 11.6. The fourth-order valence-electron chi connectivity index (χ4n) is 3.36. The van der Waals surface area contributed by atoms with Gasteiger partial charge in [0, 0.05) is 13.0 Å². The fourth-order valence-corrected chi connectivity index (χ4v) is 3.36.